The van der Waals surface area contributed by atoms with Gasteiger partial charge in [0.25, 0.3) is 0 Å². The second-order valence-corrected chi connectivity index (χ2v) is 10.9. The number of fused-ring (bicyclic) bond motifs is 1. The Morgan fingerprint density at radius 1 is 0.861 bits per heavy atom. The van der Waals surface area contributed by atoms with Crippen molar-refractivity contribution in [1.29, 1.82) is 5.41 Å². The summed E-state index contributed by atoms with van der Waals surface area (Å²) in [5.41, 5.74) is 14.1. The van der Waals surface area contributed by atoms with Crippen LogP contribution in [-0.4, -0.2) is 33.0 Å². The Hall–Kier alpha value is -3.74. The molecule has 0 spiro atoms. The van der Waals surface area contributed by atoms with Crippen molar-refractivity contribution >= 4 is 40.6 Å². The fourth-order valence-corrected chi connectivity index (χ4v) is 5.54. The minimum atomic E-state index is -3.85. The zero-order chi connectivity index (χ0) is 25.7. The molecule has 0 aliphatic rings. The zero-order valence-electron chi connectivity index (χ0n) is 19.6. The number of hydrogen-bond acceptors (Lipinski definition) is 5. The second kappa shape index (κ2) is 10.9. The largest absolute Gasteiger partial charge is 0.384 e. The molecule has 8 N–H and O–H groups in total. The summed E-state index contributed by atoms with van der Waals surface area (Å²) in [7, 11) is -3.85. The number of rotatable bonds is 8. The molecular formula is C28H29N4O3P. The third-order valence-corrected chi connectivity index (χ3v) is 8.04. The molecule has 4 aromatic carbocycles. The summed E-state index contributed by atoms with van der Waals surface area (Å²) < 4.78 is 0. The van der Waals surface area contributed by atoms with E-state index >= 15 is 0 Å². The van der Waals surface area contributed by atoms with E-state index in [1.807, 2.05) is 42.5 Å². The lowest BCUT2D eigenvalue weighted by atomic mass is 10.0. The van der Waals surface area contributed by atoms with Gasteiger partial charge in [-0.15, -0.1) is 0 Å². The Morgan fingerprint density at radius 2 is 1.47 bits per heavy atom. The lowest BCUT2D eigenvalue weighted by Gasteiger charge is -2.22. The topological polar surface area (TPSA) is 145 Å². The van der Waals surface area contributed by atoms with Crippen LogP contribution in [0, 0.1) is 5.41 Å². The van der Waals surface area contributed by atoms with Crippen molar-refractivity contribution in [1.82, 2.24) is 5.32 Å². The van der Waals surface area contributed by atoms with E-state index in [1.165, 1.54) is 0 Å². The Bertz CT molecular complexity index is 1450. The van der Waals surface area contributed by atoms with Crippen LogP contribution >= 0.6 is 7.34 Å². The van der Waals surface area contributed by atoms with E-state index < -0.39 is 19.3 Å². The van der Waals surface area contributed by atoms with Gasteiger partial charge in [-0.1, -0.05) is 97.1 Å². The van der Waals surface area contributed by atoms with Gasteiger partial charge >= 0.3 is 0 Å². The molecule has 0 aliphatic carbocycles. The second-order valence-electron chi connectivity index (χ2n) is 8.65. The lowest BCUT2D eigenvalue weighted by Crippen LogP contribution is -2.46. The van der Waals surface area contributed by atoms with Crippen LogP contribution in [0.4, 0.5) is 0 Å². The highest BCUT2D eigenvalue weighted by molar-refractivity contribution is 7.72. The number of carbonyl (C=O) groups excluding carboxylic acids is 1. The van der Waals surface area contributed by atoms with Crippen LogP contribution in [0.2, 0.25) is 0 Å². The van der Waals surface area contributed by atoms with Gasteiger partial charge in [-0.3, -0.25) is 10.2 Å². The molecule has 0 bridgehead atoms. The van der Waals surface area contributed by atoms with Crippen molar-refractivity contribution in [2.45, 2.75) is 18.9 Å². The van der Waals surface area contributed by atoms with Crippen molar-refractivity contribution < 1.29 is 14.6 Å². The standard InChI is InChI=1S/C28H29N4O3P/c29-25(17-20-12-13-21-6-4-5-7-23(21)16-20)28(33)32-26(36(34,35)24-8-2-1-3-9-24)18-19-10-14-22(15-11-19)27(30)31/h1-16,25,34-35H,17-18,29H2,(H3,30,31)(H,32,33)/t25-/m1/s1. The first-order chi connectivity index (χ1) is 17.2. The van der Waals surface area contributed by atoms with E-state index in [0.29, 0.717) is 17.3 Å². The summed E-state index contributed by atoms with van der Waals surface area (Å²) in [6.45, 7) is 0. The predicted octanol–water partition coefficient (Wildman–Crippen LogP) is 2.64. The van der Waals surface area contributed by atoms with Crippen LogP contribution in [0.3, 0.4) is 0 Å². The molecule has 0 saturated heterocycles. The quantitative estimate of drug-likeness (QED) is 0.125. The lowest BCUT2D eigenvalue weighted by molar-refractivity contribution is -0.120. The SMILES string of the molecule is N=C(N)c1ccc(CC(NC(=O)[C@H](N)Cc2ccc3ccccc3c2)=P(O)(O)c2ccccc2)cc1. The van der Waals surface area contributed by atoms with Crippen LogP contribution in [0.25, 0.3) is 10.8 Å². The van der Waals surface area contributed by atoms with Gasteiger partial charge in [0.1, 0.15) is 5.84 Å². The molecule has 0 saturated carbocycles. The molecule has 4 rings (SSSR count). The van der Waals surface area contributed by atoms with Crippen LogP contribution in [-0.2, 0) is 17.6 Å². The number of amidine groups is 1. The number of nitrogens with two attached hydrogens (primary N) is 2. The molecule has 0 fully saturated rings. The highest BCUT2D eigenvalue weighted by Gasteiger charge is 2.24. The molecule has 0 aliphatic heterocycles. The molecule has 184 valence electrons. The molecule has 0 heterocycles. The van der Waals surface area contributed by atoms with Crippen LogP contribution < -0.4 is 22.1 Å². The molecule has 1 amide bonds. The normalized spacial score (nSPS) is 12.2. The number of hydrogen-bond donors (Lipinski definition) is 6. The van der Waals surface area contributed by atoms with E-state index in [1.54, 1.807) is 54.6 Å². The zero-order valence-corrected chi connectivity index (χ0v) is 20.5. The fourth-order valence-electron chi connectivity index (χ4n) is 3.97. The van der Waals surface area contributed by atoms with E-state index in [9.17, 15) is 14.6 Å². The third-order valence-electron chi connectivity index (χ3n) is 6.00. The van der Waals surface area contributed by atoms with Crippen molar-refractivity contribution in [3.05, 3.63) is 114 Å². The first kappa shape index (κ1) is 25.4. The maximum atomic E-state index is 13.1. The van der Waals surface area contributed by atoms with E-state index in [-0.39, 0.29) is 17.7 Å². The summed E-state index contributed by atoms with van der Waals surface area (Å²) in [5.74, 6) is -0.559. The number of nitrogen functional groups attached to an aromatic ring is 1. The van der Waals surface area contributed by atoms with E-state index in [0.717, 1.165) is 21.9 Å². The summed E-state index contributed by atoms with van der Waals surface area (Å²) in [6, 6.07) is 28.3. The predicted molar refractivity (Wildman–Crippen MR) is 147 cm³/mol. The van der Waals surface area contributed by atoms with Crippen molar-refractivity contribution in [2.75, 3.05) is 0 Å². The van der Waals surface area contributed by atoms with Gasteiger partial charge in [-0.25, -0.2) is 0 Å². The fraction of sp³-hybridized carbons (Fsp3) is 0.107. The van der Waals surface area contributed by atoms with E-state index in [2.05, 4.69) is 5.32 Å². The van der Waals surface area contributed by atoms with E-state index in [4.69, 9.17) is 16.9 Å². The smallest absolute Gasteiger partial charge is 0.241 e. The van der Waals surface area contributed by atoms with Gasteiger partial charge in [0.15, 0.2) is 7.34 Å². The number of nitrogens with one attached hydrogen (secondary N) is 2. The van der Waals surface area contributed by atoms with Crippen molar-refractivity contribution in [2.24, 2.45) is 11.5 Å². The number of carbonyl (C=O) groups is 1. The Morgan fingerprint density at radius 3 is 2.14 bits per heavy atom. The summed E-state index contributed by atoms with van der Waals surface area (Å²) >= 11 is 0. The number of benzene rings is 4. The minimum Gasteiger partial charge on any atom is -0.384 e. The molecule has 1 atom stereocenters. The average molecular weight is 501 g/mol. The average Bonchev–Trinajstić information content (AvgIpc) is 2.89. The molecule has 0 radical (unpaired) electrons. The Kier molecular flexibility index (Phi) is 7.67. The molecule has 8 heteroatoms. The van der Waals surface area contributed by atoms with Gasteiger partial charge in [0.05, 0.1) is 11.5 Å². The third kappa shape index (κ3) is 5.90. The van der Waals surface area contributed by atoms with Gasteiger partial charge in [-0.05, 0) is 28.3 Å². The highest BCUT2D eigenvalue weighted by Crippen LogP contribution is 2.38. The van der Waals surface area contributed by atoms with Crippen LogP contribution in [0.1, 0.15) is 16.7 Å². The molecular weight excluding hydrogens is 471 g/mol. The van der Waals surface area contributed by atoms with Crippen molar-refractivity contribution in [3.8, 4) is 0 Å². The molecule has 0 unspecified atom stereocenters. The number of amides is 1. The minimum absolute atomic E-state index is 0.0610. The molecule has 7 nitrogen and oxygen atoms in total. The first-order valence-electron chi connectivity index (χ1n) is 11.5. The molecule has 36 heavy (non-hydrogen) atoms. The summed E-state index contributed by atoms with van der Waals surface area (Å²) in [4.78, 5) is 35.5. The Balaban J connectivity index is 1.60. The van der Waals surface area contributed by atoms with Crippen LogP contribution in [0.5, 0.6) is 0 Å². The van der Waals surface area contributed by atoms with Crippen molar-refractivity contribution in [3.63, 3.8) is 0 Å². The van der Waals surface area contributed by atoms with Crippen LogP contribution in [0.15, 0.2) is 97.1 Å². The maximum Gasteiger partial charge on any atom is 0.241 e. The van der Waals surface area contributed by atoms with Gasteiger partial charge < -0.3 is 26.6 Å². The molecule has 4 aromatic rings. The molecule has 0 aromatic heterocycles. The monoisotopic (exact) mass is 500 g/mol. The van der Waals surface area contributed by atoms with Gasteiger partial charge in [-0.2, -0.15) is 0 Å². The van der Waals surface area contributed by atoms with Gasteiger partial charge in [0, 0.05) is 17.3 Å². The summed E-state index contributed by atoms with van der Waals surface area (Å²) in [6.07, 6.45) is 0.382. The first-order valence-corrected chi connectivity index (χ1v) is 13.2. The summed E-state index contributed by atoms with van der Waals surface area (Å²) in [5, 5.41) is 12.8. The highest BCUT2D eigenvalue weighted by atomic mass is 31.2. The Labute approximate surface area is 210 Å². The maximum absolute atomic E-state index is 13.1. The van der Waals surface area contributed by atoms with Gasteiger partial charge in [0.2, 0.25) is 5.91 Å².